The molecule has 3 N–H and O–H groups in total. The monoisotopic (exact) mass is 422 g/mol. The minimum atomic E-state index is -4.04. The highest BCUT2D eigenvalue weighted by Crippen LogP contribution is 2.32. The number of halogens is 1. The Morgan fingerprint density at radius 3 is 2.45 bits per heavy atom. The van der Waals surface area contributed by atoms with Crippen LogP contribution in [-0.2, 0) is 21.4 Å². The summed E-state index contributed by atoms with van der Waals surface area (Å²) in [5.74, 6) is -0.794. The summed E-state index contributed by atoms with van der Waals surface area (Å²) in [7, 11) is -4.04. The van der Waals surface area contributed by atoms with Crippen LogP contribution in [0.2, 0.25) is 0 Å². The van der Waals surface area contributed by atoms with Gasteiger partial charge in [0.2, 0.25) is 15.9 Å². The van der Waals surface area contributed by atoms with Crippen molar-refractivity contribution < 1.29 is 27.4 Å². The number of benzene rings is 2. The highest BCUT2D eigenvalue weighted by atomic mass is 32.2. The summed E-state index contributed by atoms with van der Waals surface area (Å²) in [5, 5.41) is 10.5. The van der Waals surface area contributed by atoms with Crippen molar-refractivity contribution >= 4 is 15.9 Å². The lowest BCUT2D eigenvalue weighted by Gasteiger charge is -2.42. The van der Waals surface area contributed by atoms with Crippen LogP contribution in [0.15, 0.2) is 53.4 Å². The molecular weight excluding hydrogens is 399 g/mol. The van der Waals surface area contributed by atoms with E-state index >= 15 is 0 Å². The average molecular weight is 422 g/mol. The van der Waals surface area contributed by atoms with E-state index in [4.69, 9.17) is 10.5 Å². The molecule has 2 atom stereocenters. The standard InChI is InChI=1S/C20H23FN2O5S/c1-20(25)11-2-12-23(18(20)19(22)24)29(26,27)17-9-7-16(8-10-17)28-13-14-3-5-15(21)6-4-14/h3-10,18,25H,2,11-13H2,1H3,(H2,22,24)/t18-,20+/m0/s1. The van der Waals surface area contributed by atoms with Crippen molar-refractivity contribution in [1.82, 2.24) is 4.31 Å². The molecule has 0 bridgehead atoms. The van der Waals surface area contributed by atoms with Gasteiger partial charge in [-0.05, 0) is 61.7 Å². The molecule has 29 heavy (non-hydrogen) atoms. The molecule has 1 aliphatic rings. The number of rotatable bonds is 6. The van der Waals surface area contributed by atoms with Gasteiger partial charge in [0.15, 0.2) is 0 Å². The van der Waals surface area contributed by atoms with Gasteiger partial charge < -0.3 is 15.6 Å². The first-order valence-electron chi connectivity index (χ1n) is 9.12. The number of carbonyl (C=O) groups is 1. The molecule has 2 aromatic rings. The summed E-state index contributed by atoms with van der Waals surface area (Å²) < 4.78 is 45.6. The Balaban J connectivity index is 1.77. The molecule has 7 nitrogen and oxygen atoms in total. The van der Waals surface area contributed by atoms with E-state index in [1.807, 2.05) is 0 Å². The first-order chi connectivity index (χ1) is 13.6. The lowest BCUT2D eigenvalue weighted by molar-refractivity contribution is -0.133. The van der Waals surface area contributed by atoms with Gasteiger partial charge in [-0.25, -0.2) is 12.8 Å². The van der Waals surface area contributed by atoms with Gasteiger partial charge in [-0.1, -0.05) is 12.1 Å². The van der Waals surface area contributed by atoms with Crippen molar-refractivity contribution in [3.63, 3.8) is 0 Å². The maximum Gasteiger partial charge on any atom is 0.243 e. The summed E-state index contributed by atoms with van der Waals surface area (Å²) in [4.78, 5) is 11.8. The van der Waals surface area contributed by atoms with Crippen LogP contribution in [0.25, 0.3) is 0 Å². The summed E-state index contributed by atoms with van der Waals surface area (Å²) in [6.07, 6.45) is 0.692. The number of sulfonamides is 1. The highest BCUT2D eigenvalue weighted by Gasteiger charge is 2.48. The molecular formula is C20H23FN2O5S. The molecule has 0 saturated carbocycles. The fourth-order valence-electron chi connectivity index (χ4n) is 3.47. The Hall–Kier alpha value is -2.49. The number of hydrogen-bond acceptors (Lipinski definition) is 5. The van der Waals surface area contributed by atoms with Crippen LogP contribution in [0.5, 0.6) is 5.75 Å². The Kier molecular flexibility index (Phi) is 5.92. The van der Waals surface area contributed by atoms with Crippen LogP contribution in [0.1, 0.15) is 25.3 Å². The molecule has 1 amide bonds. The molecule has 0 unspecified atom stereocenters. The third-order valence-electron chi connectivity index (χ3n) is 4.96. The minimum Gasteiger partial charge on any atom is -0.489 e. The van der Waals surface area contributed by atoms with Crippen LogP contribution in [0.4, 0.5) is 4.39 Å². The van der Waals surface area contributed by atoms with Crippen molar-refractivity contribution in [1.29, 1.82) is 0 Å². The second-order valence-corrected chi connectivity index (χ2v) is 9.16. The normalized spacial score (nSPS) is 22.9. The predicted octanol–water partition coefficient (Wildman–Crippen LogP) is 1.79. The Bertz CT molecular complexity index is 975. The number of ether oxygens (including phenoxy) is 1. The largest absolute Gasteiger partial charge is 0.489 e. The zero-order chi connectivity index (χ0) is 21.2. The number of nitrogens with two attached hydrogens (primary N) is 1. The van der Waals surface area contributed by atoms with Crippen LogP contribution in [-0.4, -0.2) is 41.9 Å². The van der Waals surface area contributed by atoms with E-state index in [1.165, 1.54) is 43.3 Å². The maximum atomic E-state index is 13.0. The number of piperidine rings is 1. The summed E-state index contributed by atoms with van der Waals surface area (Å²) in [6, 6.07) is 10.3. The number of amides is 1. The van der Waals surface area contributed by atoms with Crippen molar-refractivity contribution in [3.05, 3.63) is 59.9 Å². The van der Waals surface area contributed by atoms with Crippen LogP contribution in [0, 0.1) is 5.82 Å². The number of hydrogen-bond donors (Lipinski definition) is 2. The number of nitrogens with zero attached hydrogens (tertiary/aromatic N) is 1. The smallest absolute Gasteiger partial charge is 0.243 e. The van der Waals surface area contributed by atoms with Gasteiger partial charge in [-0.15, -0.1) is 0 Å². The van der Waals surface area contributed by atoms with E-state index in [2.05, 4.69) is 0 Å². The third kappa shape index (κ3) is 4.58. The quantitative estimate of drug-likeness (QED) is 0.738. The van der Waals surface area contributed by atoms with Crippen molar-refractivity contribution in [2.45, 2.75) is 42.9 Å². The second kappa shape index (κ2) is 8.10. The van der Waals surface area contributed by atoms with E-state index in [9.17, 15) is 22.7 Å². The maximum absolute atomic E-state index is 13.0. The highest BCUT2D eigenvalue weighted by molar-refractivity contribution is 7.89. The molecule has 1 aliphatic heterocycles. The average Bonchev–Trinajstić information content (AvgIpc) is 2.66. The first-order valence-corrected chi connectivity index (χ1v) is 10.6. The third-order valence-corrected chi connectivity index (χ3v) is 6.84. The molecule has 9 heteroatoms. The van der Waals surface area contributed by atoms with E-state index < -0.39 is 27.6 Å². The van der Waals surface area contributed by atoms with Gasteiger partial charge in [-0.3, -0.25) is 4.79 Å². The number of primary amides is 1. The summed E-state index contributed by atoms with van der Waals surface area (Å²) in [5.41, 5.74) is 4.62. The Labute approximate surface area is 168 Å². The zero-order valence-corrected chi connectivity index (χ0v) is 16.7. The van der Waals surface area contributed by atoms with E-state index in [-0.39, 0.29) is 30.3 Å². The lowest BCUT2D eigenvalue weighted by Crippen LogP contribution is -2.62. The van der Waals surface area contributed by atoms with Crippen molar-refractivity contribution in [3.8, 4) is 5.75 Å². The molecule has 1 heterocycles. The molecule has 0 aliphatic carbocycles. The number of carbonyl (C=O) groups excluding carboxylic acids is 1. The van der Waals surface area contributed by atoms with E-state index in [0.717, 1.165) is 9.87 Å². The van der Waals surface area contributed by atoms with E-state index in [1.54, 1.807) is 12.1 Å². The summed E-state index contributed by atoms with van der Waals surface area (Å²) >= 11 is 0. The molecule has 0 aromatic heterocycles. The van der Waals surface area contributed by atoms with Crippen LogP contribution in [0.3, 0.4) is 0 Å². The molecule has 1 saturated heterocycles. The van der Waals surface area contributed by atoms with Crippen molar-refractivity contribution in [2.24, 2.45) is 5.73 Å². The summed E-state index contributed by atoms with van der Waals surface area (Å²) in [6.45, 7) is 1.70. The first kappa shape index (κ1) is 21.2. The Morgan fingerprint density at radius 2 is 1.86 bits per heavy atom. The van der Waals surface area contributed by atoms with Gasteiger partial charge in [-0.2, -0.15) is 4.31 Å². The van der Waals surface area contributed by atoms with Gasteiger partial charge >= 0.3 is 0 Å². The second-order valence-electron chi connectivity index (χ2n) is 7.27. The SMILES string of the molecule is C[C@@]1(O)CCCN(S(=O)(=O)c2ccc(OCc3ccc(F)cc3)cc2)[C@H]1C(N)=O. The van der Waals surface area contributed by atoms with Crippen LogP contribution >= 0.6 is 0 Å². The minimum absolute atomic E-state index is 0.0319. The predicted molar refractivity (Wildman–Crippen MR) is 104 cm³/mol. The topological polar surface area (TPSA) is 110 Å². The van der Waals surface area contributed by atoms with Gasteiger partial charge in [0, 0.05) is 6.54 Å². The van der Waals surface area contributed by atoms with Crippen molar-refractivity contribution in [2.75, 3.05) is 6.54 Å². The van der Waals surface area contributed by atoms with E-state index in [0.29, 0.717) is 12.2 Å². The molecule has 1 fully saturated rings. The van der Waals surface area contributed by atoms with Crippen LogP contribution < -0.4 is 10.5 Å². The van der Waals surface area contributed by atoms with Gasteiger partial charge in [0.1, 0.15) is 24.2 Å². The molecule has 156 valence electrons. The van der Waals surface area contributed by atoms with Gasteiger partial charge in [0.25, 0.3) is 0 Å². The fraction of sp³-hybridized carbons (Fsp3) is 0.350. The molecule has 0 radical (unpaired) electrons. The zero-order valence-electron chi connectivity index (χ0n) is 15.9. The molecule has 3 rings (SSSR count). The fourth-order valence-corrected chi connectivity index (χ4v) is 5.20. The molecule has 0 spiro atoms. The lowest BCUT2D eigenvalue weighted by atomic mass is 9.87. The van der Waals surface area contributed by atoms with Gasteiger partial charge in [0.05, 0.1) is 10.5 Å². The number of aliphatic hydroxyl groups is 1. The Morgan fingerprint density at radius 1 is 1.24 bits per heavy atom. The molecule has 2 aromatic carbocycles.